The van der Waals surface area contributed by atoms with E-state index in [9.17, 15) is 5.26 Å². The van der Waals surface area contributed by atoms with Crippen LogP contribution in [0.3, 0.4) is 0 Å². The van der Waals surface area contributed by atoms with Crippen LogP contribution in [0.15, 0.2) is 48.5 Å². The van der Waals surface area contributed by atoms with Gasteiger partial charge in [0.05, 0.1) is 13.1 Å². The monoisotopic (exact) mass is 290 g/mol. The first-order chi connectivity index (χ1) is 9.17. The summed E-state index contributed by atoms with van der Waals surface area (Å²) in [7, 11) is 0. The molecule has 0 saturated carbocycles. The van der Waals surface area contributed by atoms with Gasteiger partial charge in [-0.25, -0.2) is 0 Å². The molecule has 0 saturated heterocycles. The molecule has 0 spiro atoms. The second kappa shape index (κ2) is 6.47. The van der Waals surface area contributed by atoms with Gasteiger partial charge < -0.3 is 4.90 Å². The van der Waals surface area contributed by atoms with E-state index in [-0.39, 0.29) is 0 Å². The minimum absolute atomic E-state index is 0.531. The Morgan fingerprint density at radius 1 is 0.895 bits per heavy atom. The second-order valence-corrected chi connectivity index (χ2v) is 5.09. The van der Waals surface area contributed by atoms with Crippen LogP contribution < -0.4 is 0 Å². The number of nitrogens with zero attached hydrogens (tertiary/aromatic N) is 2. The Balaban J connectivity index is 2.07. The van der Waals surface area contributed by atoms with Crippen molar-refractivity contribution in [1.82, 2.24) is 4.90 Å². The maximum Gasteiger partial charge on any atom is 0.179 e. The quantitative estimate of drug-likeness (QED) is 0.613. The fourth-order valence-corrected chi connectivity index (χ4v) is 2.26. The first kappa shape index (κ1) is 13.7. The highest BCUT2D eigenvalue weighted by atomic mass is 35.5. The van der Waals surface area contributed by atoms with Crippen LogP contribution in [-0.2, 0) is 13.1 Å². The second-order valence-electron chi connectivity index (χ2n) is 4.22. The Hall–Kier alpha value is -1.69. The Morgan fingerprint density at radius 3 is 1.74 bits per heavy atom. The number of hydrogen-bond acceptors (Lipinski definition) is 2. The van der Waals surface area contributed by atoms with E-state index in [4.69, 9.17) is 23.2 Å². The number of hydrogen-bond donors (Lipinski definition) is 0. The summed E-state index contributed by atoms with van der Waals surface area (Å²) in [6, 6.07) is 15.0. The molecule has 0 bridgehead atoms. The molecule has 0 atom stereocenters. The highest BCUT2D eigenvalue weighted by Gasteiger charge is 2.05. The topological polar surface area (TPSA) is 27.0 Å². The zero-order valence-electron chi connectivity index (χ0n) is 10.2. The molecule has 2 aromatic rings. The molecule has 0 aliphatic heterocycles. The van der Waals surface area contributed by atoms with Crippen molar-refractivity contribution in [3.05, 3.63) is 69.7 Å². The summed E-state index contributed by atoms with van der Waals surface area (Å²) in [5.41, 5.74) is 2.02. The molecule has 0 heterocycles. The molecule has 0 radical (unpaired) electrons. The average molecular weight is 291 g/mol. The number of halogens is 2. The van der Waals surface area contributed by atoms with Crippen molar-refractivity contribution in [2.24, 2.45) is 0 Å². The minimum atomic E-state index is 0.531. The van der Waals surface area contributed by atoms with Gasteiger partial charge in [0.1, 0.15) is 0 Å². The van der Waals surface area contributed by atoms with Crippen molar-refractivity contribution in [2.75, 3.05) is 0 Å². The van der Waals surface area contributed by atoms with Gasteiger partial charge >= 0.3 is 0 Å². The fraction of sp³-hybridized carbons (Fsp3) is 0.133. The highest BCUT2D eigenvalue weighted by molar-refractivity contribution is 6.30. The Kier molecular flexibility index (Phi) is 4.68. The normalized spacial score (nSPS) is 9.95. The van der Waals surface area contributed by atoms with Crippen LogP contribution in [0.2, 0.25) is 10.0 Å². The molecule has 0 aromatic heterocycles. The molecule has 0 unspecified atom stereocenters. The lowest BCUT2D eigenvalue weighted by molar-refractivity contribution is 0.378. The lowest BCUT2D eigenvalue weighted by Crippen LogP contribution is -2.16. The van der Waals surface area contributed by atoms with Gasteiger partial charge in [0.15, 0.2) is 6.19 Å². The highest BCUT2D eigenvalue weighted by Crippen LogP contribution is 2.16. The van der Waals surface area contributed by atoms with Gasteiger partial charge in [0, 0.05) is 10.0 Å². The summed E-state index contributed by atoms with van der Waals surface area (Å²) in [6.45, 7) is 1.06. The molecule has 19 heavy (non-hydrogen) atoms. The van der Waals surface area contributed by atoms with E-state index >= 15 is 0 Å². The van der Waals surface area contributed by atoms with Crippen LogP contribution in [0.1, 0.15) is 11.1 Å². The van der Waals surface area contributed by atoms with E-state index in [1.807, 2.05) is 48.5 Å². The Labute approximate surface area is 122 Å². The molecule has 96 valence electrons. The maximum absolute atomic E-state index is 9.20. The van der Waals surface area contributed by atoms with Crippen LogP contribution in [0.4, 0.5) is 0 Å². The molecule has 2 nitrogen and oxygen atoms in total. The smallest absolute Gasteiger partial charge is 0.179 e. The van der Waals surface area contributed by atoms with Crippen molar-refractivity contribution in [2.45, 2.75) is 13.1 Å². The summed E-state index contributed by atoms with van der Waals surface area (Å²) in [5, 5.41) is 10.6. The Bertz CT molecular complexity index is 558. The minimum Gasteiger partial charge on any atom is -0.302 e. The molecule has 0 fully saturated rings. The predicted molar refractivity (Wildman–Crippen MR) is 77.8 cm³/mol. The van der Waals surface area contributed by atoms with E-state index in [2.05, 4.69) is 6.19 Å². The van der Waals surface area contributed by atoms with Crippen molar-refractivity contribution in [3.8, 4) is 6.19 Å². The SMILES string of the molecule is N#CN(Cc1cccc(Cl)c1)Cc1cccc(Cl)c1. The van der Waals surface area contributed by atoms with Gasteiger partial charge in [-0.1, -0.05) is 47.5 Å². The predicted octanol–water partition coefficient (Wildman–Crippen LogP) is 4.48. The Morgan fingerprint density at radius 2 is 1.37 bits per heavy atom. The first-order valence-corrected chi connectivity index (χ1v) is 6.56. The van der Waals surface area contributed by atoms with Gasteiger partial charge in [-0.15, -0.1) is 0 Å². The summed E-state index contributed by atoms with van der Waals surface area (Å²) in [4.78, 5) is 1.66. The lowest BCUT2D eigenvalue weighted by atomic mass is 10.2. The summed E-state index contributed by atoms with van der Waals surface area (Å²) in [6.07, 6.45) is 2.19. The number of rotatable bonds is 4. The molecule has 2 aromatic carbocycles. The zero-order chi connectivity index (χ0) is 13.7. The summed E-state index contributed by atoms with van der Waals surface area (Å²) >= 11 is 11.9. The zero-order valence-corrected chi connectivity index (χ0v) is 11.7. The van der Waals surface area contributed by atoms with Gasteiger partial charge in [-0.2, -0.15) is 5.26 Å². The fourth-order valence-electron chi connectivity index (χ4n) is 1.84. The third-order valence-electron chi connectivity index (χ3n) is 2.67. The van der Waals surface area contributed by atoms with E-state index in [0.29, 0.717) is 23.1 Å². The average Bonchev–Trinajstić information content (AvgIpc) is 2.38. The van der Waals surface area contributed by atoms with Crippen molar-refractivity contribution in [1.29, 1.82) is 5.26 Å². The van der Waals surface area contributed by atoms with E-state index in [0.717, 1.165) is 11.1 Å². The molecule has 2 rings (SSSR count). The summed E-state index contributed by atoms with van der Waals surface area (Å²) < 4.78 is 0. The molecule has 4 heteroatoms. The standard InChI is InChI=1S/C15H12Cl2N2/c16-14-5-1-3-12(7-14)9-19(11-18)10-13-4-2-6-15(17)8-13/h1-8H,9-10H2. The van der Waals surface area contributed by atoms with Gasteiger partial charge in [-0.05, 0) is 35.4 Å². The molecule has 0 amide bonds. The van der Waals surface area contributed by atoms with Crippen LogP contribution in [0.25, 0.3) is 0 Å². The summed E-state index contributed by atoms with van der Waals surface area (Å²) in [5.74, 6) is 0. The number of nitriles is 1. The largest absolute Gasteiger partial charge is 0.302 e. The van der Waals surface area contributed by atoms with Crippen molar-refractivity contribution < 1.29 is 0 Å². The molecule has 0 aliphatic carbocycles. The molecular formula is C15H12Cl2N2. The van der Waals surface area contributed by atoms with Crippen LogP contribution >= 0.6 is 23.2 Å². The van der Waals surface area contributed by atoms with E-state index < -0.39 is 0 Å². The molecule has 0 aliphatic rings. The van der Waals surface area contributed by atoms with E-state index in [1.165, 1.54) is 0 Å². The lowest BCUT2D eigenvalue weighted by Gasteiger charge is -2.16. The third kappa shape index (κ3) is 4.17. The van der Waals surface area contributed by atoms with Crippen LogP contribution in [0.5, 0.6) is 0 Å². The first-order valence-electron chi connectivity index (χ1n) is 5.81. The van der Waals surface area contributed by atoms with Crippen molar-refractivity contribution >= 4 is 23.2 Å². The van der Waals surface area contributed by atoms with E-state index in [1.54, 1.807) is 4.90 Å². The van der Waals surface area contributed by atoms with Gasteiger partial charge in [0.2, 0.25) is 0 Å². The molecule has 0 N–H and O–H groups in total. The molecular weight excluding hydrogens is 279 g/mol. The third-order valence-corrected chi connectivity index (χ3v) is 3.14. The van der Waals surface area contributed by atoms with Crippen LogP contribution in [0, 0.1) is 11.5 Å². The van der Waals surface area contributed by atoms with Crippen molar-refractivity contribution in [3.63, 3.8) is 0 Å². The van der Waals surface area contributed by atoms with Gasteiger partial charge in [0.25, 0.3) is 0 Å². The van der Waals surface area contributed by atoms with Gasteiger partial charge in [-0.3, -0.25) is 0 Å². The number of benzene rings is 2. The maximum atomic E-state index is 9.20. The van der Waals surface area contributed by atoms with Crippen LogP contribution in [-0.4, -0.2) is 4.90 Å².